The van der Waals surface area contributed by atoms with Crippen LogP contribution in [0.4, 0.5) is 5.82 Å². The zero-order valence-electron chi connectivity index (χ0n) is 26.4. The van der Waals surface area contributed by atoms with Crippen LogP contribution in [0.2, 0.25) is 0 Å². The zero-order chi connectivity index (χ0) is 32.4. The quantitative estimate of drug-likeness (QED) is 0.264. The normalized spacial score (nSPS) is 19.8. The molecule has 0 atom stereocenters. The standard InChI is InChI=1S/C32H40N8O5S/c1-22(41)45-39(46(3,42)43)20-23-5-4-6-28(19-23)44-27-13-7-24(8-14-27)30-29-31(33)34-21-35-32(29)40(36-30)26-11-9-25(10-12-26)38-17-15-37(2)16-18-38/h4-8,13-14,19,21,25-26H,9-12,15-18,20H2,1-3H3,(H2,33,34,35). The van der Waals surface area contributed by atoms with Crippen molar-refractivity contribution in [3.8, 4) is 22.8 Å². The second-order valence-corrected chi connectivity index (χ2v) is 14.0. The molecular weight excluding hydrogens is 608 g/mol. The molecule has 0 bridgehead atoms. The maximum Gasteiger partial charge on any atom is 0.323 e. The summed E-state index contributed by atoms with van der Waals surface area (Å²) < 4.78 is 32.9. The van der Waals surface area contributed by atoms with Gasteiger partial charge < -0.3 is 20.2 Å². The van der Waals surface area contributed by atoms with Gasteiger partial charge in [-0.2, -0.15) is 5.10 Å². The summed E-state index contributed by atoms with van der Waals surface area (Å²) in [5, 5.41) is 5.81. The number of carbonyl (C=O) groups is 1. The number of likely N-dealkylation sites (N-methyl/N-ethyl adjacent to an activating group) is 1. The first-order valence-corrected chi connectivity index (χ1v) is 17.3. The van der Waals surface area contributed by atoms with Gasteiger partial charge in [0.1, 0.15) is 29.3 Å². The number of ether oxygens (including phenoxy) is 1. The van der Waals surface area contributed by atoms with Crippen LogP contribution in [0.15, 0.2) is 54.9 Å². The average molecular weight is 649 g/mol. The van der Waals surface area contributed by atoms with Crippen LogP contribution in [-0.2, 0) is 26.2 Å². The molecule has 0 radical (unpaired) electrons. The number of hydrogen-bond acceptors (Lipinski definition) is 11. The van der Waals surface area contributed by atoms with Gasteiger partial charge in [0, 0.05) is 44.7 Å². The summed E-state index contributed by atoms with van der Waals surface area (Å²) in [6, 6.07) is 15.3. The Balaban J connectivity index is 1.18. The van der Waals surface area contributed by atoms with Gasteiger partial charge in [0.25, 0.3) is 0 Å². The molecule has 13 nitrogen and oxygen atoms in total. The van der Waals surface area contributed by atoms with E-state index in [1.165, 1.54) is 6.33 Å². The minimum absolute atomic E-state index is 0.148. The summed E-state index contributed by atoms with van der Waals surface area (Å²) in [4.78, 5) is 30.2. The van der Waals surface area contributed by atoms with E-state index in [0.717, 1.165) is 87.3 Å². The number of nitrogens with zero attached hydrogens (tertiary/aromatic N) is 7. The van der Waals surface area contributed by atoms with Crippen molar-refractivity contribution in [2.75, 3.05) is 45.2 Å². The number of benzene rings is 2. The molecular formula is C32H40N8O5S. The molecule has 3 heterocycles. The molecule has 1 saturated carbocycles. The van der Waals surface area contributed by atoms with Crippen LogP contribution >= 0.6 is 0 Å². The second-order valence-electron chi connectivity index (χ2n) is 12.1. The largest absolute Gasteiger partial charge is 0.457 e. The number of hydroxylamine groups is 1. The number of aromatic nitrogens is 4. The van der Waals surface area contributed by atoms with Gasteiger partial charge in [-0.05, 0) is 79.2 Å². The van der Waals surface area contributed by atoms with Gasteiger partial charge in [-0.25, -0.2) is 23.1 Å². The van der Waals surface area contributed by atoms with Crippen molar-refractivity contribution in [3.63, 3.8) is 0 Å². The highest BCUT2D eigenvalue weighted by Gasteiger charge is 2.31. The van der Waals surface area contributed by atoms with E-state index in [4.69, 9.17) is 20.4 Å². The molecule has 244 valence electrons. The topological polar surface area (TPSA) is 149 Å². The molecule has 0 spiro atoms. The lowest BCUT2D eigenvalue weighted by molar-refractivity contribution is -0.167. The number of nitrogen functional groups attached to an aromatic ring is 1. The van der Waals surface area contributed by atoms with Crippen LogP contribution < -0.4 is 10.5 Å². The number of rotatable bonds is 9. The molecule has 14 heteroatoms. The molecule has 1 aliphatic heterocycles. The van der Waals surface area contributed by atoms with Crippen molar-refractivity contribution in [1.29, 1.82) is 0 Å². The van der Waals surface area contributed by atoms with E-state index in [9.17, 15) is 13.2 Å². The van der Waals surface area contributed by atoms with Gasteiger partial charge in [-0.3, -0.25) is 9.69 Å². The van der Waals surface area contributed by atoms with E-state index in [1.54, 1.807) is 24.3 Å². The molecule has 2 N–H and O–H groups in total. The molecule has 4 aromatic rings. The van der Waals surface area contributed by atoms with E-state index in [1.807, 2.05) is 24.3 Å². The van der Waals surface area contributed by atoms with Crippen LogP contribution in [0.1, 0.15) is 44.2 Å². The molecule has 0 unspecified atom stereocenters. The third-order valence-electron chi connectivity index (χ3n) is 8.76. The Hall–Kier alpha value is -4.11. The number of nitrogens with two attached hydrogens (primary N) is 1. The first-order valence-electron chi connectivity index (χ1n) is 15.5. The van der Waals surface area contributed by atoms with Crippen LogP contribution in [0.3, 0.4) is 0 Å². The Morgan fingerprint density at radius 2 is 1.67 bits per heavy atom. The fraction of sp³-hybridized carbons (Fsp3) is 0.438. The summed E-state index contributed by atoms with van der Waals surface area (Å²) in [7, 11) is -1.58. The lowest BCUT2D eigenvalue weighted by atomic mass is 9.90. The molecule has 1 aliphatic carbocycles. The van der Waals surface area contributed by atoms with E-state index in [0.29, 0.717) is 33.4 Å². The van der Waals surface area contributed by atoms with Crippen LogP contribution in [0.5, 0.6) is 11.5 Å². The smallest absolute Gasteiger partial charge is 0.323 e. The Bertz CT molecular complexity index is 1800. The lowest BCUT2D eigenvalue weighted by Crippen LogP contribution is -2.49. The third-order valence-corrected chi connectivity index (χ3v) is 9.70. The maximum atomic E-state index is 12.1. The molecule has 46 heavy (non-hydrogen) atoms. The minimum Gasteiger partial charge on any atom is -0.457 e. The fourth-order valence-electron chi connectivity index (χ4n) is 6.34. The minimum atomic E-state index is -3.77. The summed E-state index contributed by atoms with van der Waals surface area (Å²) in [5.41, 5.74) is 9.33. The predicted octanol–water partition coefficient (Wildman–Crippen LogP) is 3.84. The summed E-state index contributed by atoms with van der Waals surface area (Å²) in [6.45, 7) is 5.52. The van der Waals surface area contributed by atoms with Crippen LogP contribution in [-0.4, -0.2) is 93.9 Å². The Labute approximate surface area is 268 Å². The SMILES string of the molecule is CC(=O)ON(Cc1cccc(Oc2ccc(-c3nn(C4CCC(N5CCN(C)CC5)CC4)c4ncnc(N)c34)cc2)c1)S(C)(=O)=O. The molecule has 2 aromatic heterocycles. The van der Waals surface area contributed by atoms with Gasteiger partial charge in [0.05, 0.1) is 24.2 Å². The predicted molar refractivity (Wildman–Crippen MR) is 174 cm³/mol. The summed E-state index contributed by atoms with van der Waals surface area (Å²) in [5.74, 6) is 0.751. The third kappa shape index (κ3) is 7.15. The molecule has 2 fully saturated rings. The number of hydrogen-bond donors (Lipinski definition) is 1. The van der Waals surface area contributed by atoms with Crippen molar-refractivity contribution in [2.45, 2.75) is 51.2 Å². The average Bonchev–Trinajstić information content (AvgIpc) is 3.42. The number of piperazine rings is 1. The van der Waals surface area contributed by atoms with Crippen LogP contribution in [0, 0.1) is 0 Å². The van der Waals surface area contributed by atoms with Gasteiger partial charge >= 0.3 is 5.97 Å². The molecule has 1 saturated heterocycles. The van der Waals surface area contributed by atoms with Crippen molar-refractivity contribution in [2.24, 2.45) is 0 Å². The van der Waals surface area contributed by atoms with Gasteiger partial charge in [-0.15, -0.1) is 0 Å². The van der Waals surface area contributed by atoms with Gasteiger partial charge in [0.2, 0.25) is 10.0 Å². The summed E-state index contributed by atoms with van der Waals surface area (Å²) in [6.07, 6.45) is 6.81. The van der Waals surface area contributed by atoms with Crippen molar-refractivity contribution in [3.05, 3.63) is 60.4 Å². The Morgan fingerprint density at radius 1 is 0.978 bits per heavy atom. The van der Waals surface area contributed by atoms with E-state index in [-0.39, 0.29) is 12.6 Å². The van der Waals surface area contributed by atoms with Crippen molar-refractivity contribution < 1.29 is 22.8 Å². The first kappa shape index (κ1) is 31.9. The lowest BCUT2D eigenvalue weighted by Gasteiger charge is -2.41. The second kappa shape index (κ2) is 13.3. The Morgan fingerprint density at radius 3 is 2.35 bits per heavy atom. The summed E-state index contributed by atoms with van der Waals surface area (Å²) >= 11 is 0. The molecule has 6 rings (SSSR count). The number of anilines is 1. The highest BCUT2D eigenvalue weighted by molar-refractivity contribution is 7.88. The van der Waals surface area contributed by atoms with E-state index in [2.05, 4.69) is 31.5 Å². The Kier molecular flexibility index (Phi) is 9.22. The monoisotopic (exact) mass is 648 g/mol. The zero-order valence-corrected chi connectivity index (χ0v) is 27.2. The highest BCUT2D eigenvalue weighted by atomic mass is 32.2. The van der Waals surface area contributed by atoms with Gasteiger partial charge in [-0.1, -0.05) is 12.1 Å². The molecule has 2 aromatic carbocycles. The molecule has 2 aliphatic rings. The van der Waals surface area contributed by atoms with Crippen molar-refractivity contribution in [1.82, 2.24) is 34.0 Å². The van der Waals surface area contributed by atoms with Gasteiger partial charge in [0.15, 0.2) is 5.65 Å². The number of sulfonamides is 1. The first-order chi connectivity index (χ1) is 22.0. The van der Waals surface area contributed by atoms with Crippen LogP contribution in [0.25, 0.3) is 22.3 Å². The highest BCUT2D eigenvalue weighted by Crippen LogP contribution is 2.37. The number of fused-ring (bicyclic) bond motifs is 1. The number of carbonyl (C=O) groups excluding carboxylic acids is 1. The van der Waals surface area contributed by atoms with E-state index < -0.39 is 16.0 Å². The van der Waals surface area contributed by atoms with E-state index >= 15 is 0 Å². The maximum absolute atomic E-state index is 12.1. The van der Waals surface area contributed by atoms with Crippen molar-refractivity contribution >= 4 is 32.8 Å². The fourth-order valence-corrected chi connectivity index (χ4v) is 6.96. The molecule has 0 amide bonds.